The molecule has 2 aromatic rings. The average Bonchev–Trinajstić information content (AvgIpc) is 2.54. The second-order valence-corrected chi connectivity index (χ2v) is 5.24. The molecule has 2 unspecified atom stereocenters. The summed E-state index contributed by atoms with van der Waals surface area (Å²) in [5, 5.41) is 10.2. The lowest BCUT2D eigenvalue weighted by Crippen LogP contribution is -2.22. The lowest BCUT2D eigenvalue weighted by Gasteiger charge is -2.21. The third-order valence-corrected chi connectivity index (χ3v) is 3.65. The molecule has 0 aliphatic carbocycles. The summed E-state index contributed by atoms with van der Waals surface area (Å²) in [6.07, 6.45) is 0. The quantitative estimate of drug-likeness (QED) is 0.773. The van der Waals surface area contributed by atoms with Gasteiger partial charge in [0.2, 0.25) is 0 Å². The summed E-state index contributed by atoms with van der Waals surface area (Å²) in [4.78, 5) is 12.4. The zero-order valence-electron chi connectivity index (χ0n) is 12.2. The number of nitrogens with zero attached hydrogens (tertiary/aromatic N) is 1. The van der Waals surface area contributed by atoms with Crippen LogP contribution in [0, 0.1) is 11.3 Å². The predicted molar refractivity (Wildman–Crippen MR) is 85.6 cm³/mol. The fraction of sp³-hybridized carbons (Fsp3) is 0.222. The molecular weight excluding hydrogens is 298 g/mol. The summed E-state index contributed by atoms with van der Waals surface area (Å²) in [5.74, 6) is -1.68. The van der Waals surface area contributed by atoms with E-state index in [0.29, 0.717) is 5.02 Å². The molecule has 0 aliphatic heterocycles. The standard InChI is InChI=1S/C18H16ClNO2/c1-2-22-18(21)17(14-6-4-3-5-7-14)16(12-20)13-8-10-15(19)11-9-13/h3-11,16-17H,2H2,1H3. The number of hydrogen-bond acceptors (Lipinski definition) is 3. The first-order valence-electron chi connectivity index (χ1n) is 7.04. The molecule has 0 aromatic heterocycles. The van der Waals surface area contributed by atoms with Gasteiger partial charge in [-0.05, 0) is 30.2 Å². The van der Waals surface area contributed by atoms with Crippen LogP contribution < -0.4 is 0 Å². The molecule has 0 saturated heterocycles. The van der Waals surface area contributed by atoms with Crippen molar-refractivity contribution in [2.24, 2.45) is 0 Å². The maximum atomic E-state index is 12.4. The maximum Gasteiger partial charge on any atom is 0.315 e. The van der Waals surface area contributed by atoms with Gasteiger partial charge in [0.1, 0.15) is 5.92 Å². The van der Waals surface area contributed by atoms with Gasteiger partial charge in [-0.15, -0.1) is 0 Å². The normalized spacial score (nSPS) is 13.0. The highest BCUT2D eigenvalue weighted by atomic mass is 35.5. The van der Waals surface area contributed by atoms with Gasteiger partial charge in [0.15, 0.2) is 0 Å². The molecule has 0 fully saturated rings. The van der Waals surface area contributed by atoms with Crippen molar-refractivity contribution in [3.05, 3.63) is 70.7 Å². The first-order chi connectivity index (χ1) is 10.7. The van der Waals surface area contributed by atoms with Gasteiger partial charge < -0.3 is 4.74 Å². The van der Waals surface area contributed by atoms with Gasteiger partial charge in [-0.3, -0.25) is 4.79 Å². The minimum Gasteiger partial charge on any atom is -0.465 e. The van der Waals surface area contributed by atoms with Crippen LogP contribution in [-0.2, 0) is 9.53 Å². The lowest BCUT2D eigenvalue weighted by molar-refractivity contribution is -0.145. The van der Waals surface area contributed by atoms with Gasteiger partial charge in [-0.1, -0.05) is 54.1 Å². The number of esters is 1. The van der Waals surface area contributed by atoms with E-state index in [2.05, 4.69) is 6.07 Å². The van der Waals surface area contributed by atoms with Crippen molar-refractivity contribution in [3.63, 3.8) is 0 Å². The number of ether oxygens (including phenoxy) is 1. The van der Waals surface area contributed by atoms with Crippen LogP contribution in [0.4, 0.5) is 0 Å². The van der Waals surface area contributed by atoms with Gasteiger partial charge in [0.25, 0.3) is 0 Å². The van der Waals surface area contributed by atoms with E-state index in [-0.39, 0.29) is 6.61 Å². The Morgan fingerprint density at radius 2 is 1.77 bits per heavy atom. The Balaban J connectivity index is 2.44. The van der Waals surface area contributed by atoms with Crippen molar-refractivity contribution in [2.75, 3.05) is 6.61 Å². The van der Waals surface area contributed by atoms with Crippen LogP contribution in [0.3, 0.4) is 0 Å². The first kappa shape index (κ1) is 16.1. The molecule has 0 heterocycles. The van der Waals surface area contributed by atoms with Crippen LogP contribution in [0.2, 0.25) is 5.02 Å². The lowest BCUT2D eigenvalue weighted by atomic mass is 9.82. The van der Waals surface area contributed by atoms with Crippen molar-refractivity contribution in [2.45, 2.75) is 18.8 Å². The smallest absolute Gasteiger partial charge is 0.315 e. The van der Waals surface area contributed by atoms with Crippen LogP contribution in [0.1, 0.15) is 29.9 Å². The summed E-state index contributed by atoms with van der Waals surface area (Å²) in [6, 6.07) is 18.4. The van der Waals surface area contributed by atoms with E-state index in [1.54, 1.807) is 31.2 Å². The topological polar surface area (TPSA) is 50.1 Å². The summed E-state index contributed by atoms with van der Waals surface area (Å²) >= 11 is 5.89. The fourth-order valence-corrected chi connectivity index (χ4v) is 2.49. The zero-order valence-corrected chi connectivity index (χ0v) is 13.0. The molecular formula is C18H16ClNO2. The van der Waals surface area contributed by atoms with E-state index in [4.69, 9.17) is 16.3 Å². The summed E-state index contributed by atoms with van der Waals surface area (Å²) in [5.41, 5.74) is 1.51. The zero-order chi connectivity index (χ0) is 15.9. The number of hydrogen-bond donors (Lipinski definition) is 0. The van der Waals surface area contributed by atoms with Crippen molar-refractivity contribution in [1.29, 1.82) is 5.26 Å². The van der Waals surface area contributed by atoms with E-state index >= 15 is 0 Å². The van der Waals surface area contributed by atoms with Crippen molar-refractivity contribution in [1.82, 2.24) is 0 Å². The Kier molecular flexibility index (Phi) is 5.57. The Morgan fingerprint density at radius 1 is 1.14 bits per heavy atom. The minimum absolute atomic E-state index is 0.279. The molecule has 112 valence electrons. The largest absolute Gasteiger partial charge is 0.465 e. The van der Waals surface area contributed by atoms with Crippen molar-refractivity contribution in [3.8, 4) is 6.07 Å². The minimum atomic E-state index is -0.660. The number of nitriles is 1. The predicted octanol–water partition coefficient (Wildman–Crippen LogP) is 4.29. The molecule has 0 aliphatic rings. The summed E-state index contributed by atoms with van der Waals surface area (Å²) in [7, 11) is 0. The highest BCUT2D eigenvalue weighted by molar-refractivity contribution is 6.30. The number of halogens is 1. The van der Waals surface area contributed by atoms with E-state index in [1.807, 2.05) is 30.3 Å². The molecule has 2 rings (SSSR count). The molecule has 0 N–H and O–H groups in total. The SMILES string of the molecule is CCOC(=O)C(c1ccccc1)C(C#N)c1ccc(Cl)cc1. The van der Waals surface area contributed by atoms with Crippen molar-refractivity contribution >= 4 is 17.6 Å². The van der Waals surface area contributed by atoms with Crippen LogP contribution >= 0.6 is 11.6 Å². The van der Waals surface area contributed by atoms with Gasteiger partial charge in [-0.25, -0.2) is 0 Å². The third kappa shape index (κ3) is 3.66. The van der Waals surface area contributed by atoms with Gasteiger partial charge >= 0.3 is 5.97 Å². The Bertz CT molecular complexity index is 662. The molecule has 2 atom stereocenters. The van der Waals surface area contributed by atoms with E-state index in [0.717, 1.165) is 11.1 Å². The van der Waals surface area contributed by atoms with Gasteiger partial charge in [-0.2, -0.15) is 5.26 Å². The Labute approximate surface area is 135 Å². The van der Waals surface area contributed by atoms with Crippen LogP contribution in [-0.4, -0.2) is 12.6 Å². The van der Waals surface area contributed by atoms with Crippen molar-refractivity contribution < 1.29 is 9.53 Å². The number of carbonyl (C=O) groups excluding carboxylic acids is 1. The fourth-order valence-electron chi connectivity index (χ4n) is 2.37. The second kappa shape index (κ2) is 7.63. The summed E-state index contributed by atoms with van der Waals surface area (Å²) in [6.45, 7) is 2.03. The molecule has 2 aromatic carbocycles. The monoisotopic (exact) mass is 313 g/mol. The van der Waals surface area contributed by atoms with Crippen LogP contribution in [0.15, 0.2) is 54.6 Å². The summed E-state index contributed by atoms with van der Waals surface area (Å²) < 4.78 is 5.17. The molecule has 4 heteroatoms. The number of benzene rings is 2. The molecule has 0 bridgehead atoms. The molecule has 0 radical (unpaired) electrons. The number of carbonyl (C=O) groups is 1. The second-order valence-electron chi connectivity index (χ2n) is 4.80. The average molecular weight is 314 g/mol. The Hall–Kier alpha value is -2.31. The highest BCUT2D eigenvalue weighted by Gasteiger charge is 2.32. The van der Waals surface area contributed by atoms with E-state index in [1.165, 1.54) is 0 Å². The van der Waals surface area contributed by atoms with E-state index < -0.39 is 17.8 Å². The molecule has 0 spiro atoms. The molecule has 22 heavy (non-hydrogen) atoms. The molecule has 0 amide bonds. The number of rotatable bonds is 5. The highest BCUT2D eigenvalue weighted by Crippen LogP contribution is 2.34. The van der Waals surface area contributed by atoms with Gasteiger partial charge in [0, 0.05) is 5.02 Å². The van der Waals surface area contributed by atoms with Crippen LogP contribution in [0.5, 0.6) is 0 Å². The molecule has 3 nitrogen and oxygen atoms in total. The first-order valence-corrected chi connectivity index (χ1v) is 7.41. The third-order valence-electron chi connectivity index (χ3n) is 3.40. The van der Waals surface area contributed by atoms with E-state index in [9.17, 15) is 10.1 Å². The Morgan fingerprint density at radius 3 is 2.32 bits per heavy atom. The maximum absolute atomic E-state index is 12.4. The van der Waals surface area contributed by atoms with Gasteiger partial charge in [0.05, 0.1) is 18.6 Å². The van der Waals surface area contributed by atoms with Crippen LogP contribution in [0.25, 0.3) is 0 Å². The molecule has 0 saturated carbocycles.